The molecule has 0 unspecified atom stereocenters. The van der Waals surface area contributed by atoms with Gasteiger partial charge in [0.05, 0.1) is 25.4 Å². The lowest BCUT2D eigenvalue weighted by atomic mass is 10.2. The predicted octanol–water partition coefficient (Wildman–Crippen LogP) is 1.73. The van der Waals surface area contributed by atoms with Gasteiger partial charge in [-0.05, 0) is 18.2 Å². The van der Waals surface area contributed by atoms with Gasteiger partial charge in [-0.1, -0.05) is 6.07 Å². The Balaban J connectivity index is 1.61. The molecule has 2 N–H and O–H groups in total. The zero-order valence-corrected chi connectivity index (χ0v) is 15.7. The van der Waals surface area contributed by atoms with E-state index in [-0.39, 0.29) is 16.5 Å². The molecule has 1 aromatic carbocycles. The predicted molar refractivity (Wildman–Crippen MR) is 100.0 cm³/mol. The molecule has 3 aromatic rings. The van der Waals surface area contributed by atoms with E-state index >= 15 is 0 Å². The molecule has 0 fully saturated rings. The van der Waals surface area contributed by atoms with Crippen LogP contribution in [0.3, 0.4) is 0 Å². The van der Waals surface area contributed by atoms with Gasteiger partial charge in [0.1, 0.15) is 11.4 Å². The molecular weight excluding hydrogens is 386 g/mol. The summed E-state index contributed by atoms with van der Waals surface area (Å²) >= 11 is 0. The fraction of sp³-hybridized carbons (Fsp3) is 0.235. The Morgan fingerprint density at radius 2 is 2.18 bits per heavy atom. The normalized spacial score (nSPS) is 13.5. The lowest BCUT2D eigenvalue weighted by Crippen LogP contribution is -2.34. The smallest absolute Gasteiger partial charge is 0.333 e. The fourth-order valence-corrected chi connectivity index (χ4v) is 3.95. The number of benzene rings is 1. The second-order valence-electron chi connectivity index (χ2n) is 6.02. The summed E-state index contributed by atoms with van der Waals surface area (Å²) in [6.45, 7) is 0.940. The Morgan fingerprint density at radius 1 is 1.32 bits per heavy atom. The minimum atomic E-state index is -4.18. The summed E-state index contributed by atoms with van der Waals surface area (Å²) in [6.07, 6.45) is 3.46. The van der Waals surface area contributed by atoms with Crippen molar-refractivity contribution in [1.29, 1.82) is 0 Å². The maximum Gasteiger partial charge on any atom is 0.333 e. The molecule has 0 aliphatic carbocycles. The van der Waals surface area contributed by atoms with E-state index in [0.717, 1.165) is 18.0 Å². The Hall–Kier alpha value is -3.34. The largest absolute Gasteiger partial charge is 0.494 e. The van der Waals surface area contributed by atoms with Crippen molar-refractivity contribution in [3.8, 4) is 11.6 Å². The number of pyridine rings is 1. The molecule has 2 aromatic heterocycles. The fourth-order valence-electron chi connectivity index (χ4n) is 2.96. The lowest BCUT2D eigenvalue weighted by Gasteiger charge is -2.16. The number of ether oxygens (including phenoxy) is 2. The van der Waals surface area contributed by atoms with Gasteiger partial charge in [0, 0.05) is 24.5 Å². The summed E-state index contributed by atoms with van der Waals surface area (Å²) in [5, 5.41) is 7.28. The molecule has 10 nitrogen and oxygen atoms in total. The first kappa shape index (κ1) is 18.0. The maximum absolute atomic E-state index is 12.6. The summed E-state index contributed by atoms with van der Waals surface area (Å²) in [5.74, 6) is 0.473. The van der Waals surface area contributed by atoms with Crippen molar-refractivity contribution in [2.24, 2.45) is 0 Å². The number of carbonyl (C=O) groups is 1. The zero-order valence-electron chi connectivity index (χ0n) is 14.9. The molecule has 0 saturated heterocycles. The van der Waals surface area contributed by atoms with Crippen LogP contribution in [-0.2, 0) is 16.6 Å². The summed E-state index contributed by atoms with van der Waals surface area (Å²) in [7, 11) is -2.74. The van der Waals surface area contributed by atoms with Gasteiger partial charge >= 0.3 is 6.03 Å². The summed E-state index contributed by atoms with van der Waals surface area (Å²) in [4.78, 5) is 16.5. The van der Waals surface area contributed by atoms with Gasteiger partial charge in [-0.2, -0.15) is 5.10 Å². The third-order valence-electron chi connectivity index (χ3n) is 4.22. The van der Waals surface area contributed by atoms with Crippen LogP contribution in [0.1, 0.15) is 6.42 Å². The highest BCUT2D eigenvalue weighted by molar-refractivity contribution is 7.90. The Kier molecular flexibility index (Phi) is 4.51. The first-order chi connectivity index (χ1) is 13.5. The standard InChI is InChI=1S/C17H17N5O5S/c1-26-12-6-5-11-4-2-7-18-14(11)15(12)20-17(23)21-28(24,25)13-10-19-22-8-3-9-27-16(13)22/h2,4-7,10H,3,8-9H2,1H3,(H2,20,21,23). The average Bonchev–Trinajstić information content (AvgIpc) is 3.13. The van der Waals surface area contributed by atoms with Gasteiger partial charge in [0.15, 0.2) is 4.90 Å². The van der Waals surface area contributed by atoms with Crippen LogP contribution in [0.4, 0.5) is 10.5 Å². The number of urea groups is 1. The van der Waals surface area contributed by atoms with Crippen molar-refractivity contribution >= 4 is 32.6 Å². The van der Waals surface area contributed by atoms with Gasteiger partial charge in [0.25, 0.3) is 10.0 Å². The molecule has 0 saturated carbocycles. The minimum Gasteiger partial charge on any atom is -0.494 e. The molecule has 0 radical (unpaired) electrons. The molecule has 28 heavy (non-hydrogen) atoms. The van der Waals surface area contributed by atoms with Crippen LogP contribution in [0.25, 0.3) is 10.9 Å². The molecule has 0 spiro atoms. The number of amides is 2. The minimum absolute atomic E-state index is 0.121. The van der Waals surface area contributed by atoms with E-state index in [1.165, 1.54) is 11.8 Å². The molecule has 11 heteroatoms. The van der Waals surface area contributed by atoms with Gasteiger partial charge in [-0.3, -0.25) is 4.98 Å². The van der Waals surface area contributed by atoms with E-state index in [0.29, 0.717) is 24.4 Å². The Labute approximate surface area is 160 Å². The third-order valence-corrected chi connectivity index (χ3v) is 5.54. The molecule has 1 aliphatic heterocycles. The van der Waals surface area contributed by atoms with Crippen LogP contribution < -0.4 is 19.5 Å². The Morgan fingerprint density at radius 3 is 3.00 bits per heavy atom. The number of anilines is 1. The molecule has 4 rings (SSSR count). The second-order valence-corrected chi connectivity index (χ2v) is 7.67. The molecule has 3 heterocycles. The number of nitrogens with zero attached hydrogens (tertiary/aromatic N) is 3. The van der Waals surface area contributed by atoms with Gasteiger partial charge in [-0.25, -0.2) is 22.6 Å². The van der Waals surface area contributed by atoms with Crippen molar-refractivity contribution in [3.63, 3.8) is 0 Å². The van der Waals surface area contributed by atoms with Crippen LogP contribution in [0, 0.1) is 0 Å². The quantitative estimate of drug-likeness (QED) is 0.680. The monoisotopic (exact) mass is 403 g/mol. The number of fused-ring (bicyclic) bond motifs is 2. The maximum atomic E-state index is 12.6. The SMILES string of the molecule is COc1ccc2cccnc2c1NC(=O)NS(=O)(=O)c1cnn2c1OCCC2. The number of nitrogens with one attached hydrogen (secondary N) is 2. The highest BCUT2D eigenvalue weighted by Gasteiger charge is 2.28. The number of carbonyl (C=O) groups excluding carboxylic acids is 1. The number of methoxy groups -OCH3 is 1. The zero-order chi connectivity index (χ0) is 19.7. The highest BCUT2D eigenvalue weighted by atomic mass is 32.2. The lowest BCUT2D eigenvalue weighted by molar-refractivity contribution is 0.224. The summed E-state index contributed by atoms with van der Waals surface area (Å²) in [5.41, 5.74) is 0.738. The van der Waals surface area contributed by atoms with Crippen molar-refractivity contribution < 1.29 is 22.7 Å². The molecule has 1 aliphatic rings. The topological polar surface area (TPSA) is 124 Å². The van der Waals surface area contributed by atoms with E-state index in [1.54, 1.807) is 24.4 Å². The summed E-state index contributed by atoms with van der Waals surface area (Å²) in [6, 6.07) is 6.07. The van der Waals surface area contributed by atoms with Crippen LogP contribution >= 0.6 is 0 Å². The van der Waals surface area contributed by atoms with Crippen LogP contribution in [0.2, 0.25) is 0 Å². The number of rotatable bonds is 4. The van der Waals surface area contributed by atoms with Gasteiger partial charge in [-0.15, -0.1) is 0 Å². The van der Waals surface area contributed by atoms with Crippen LogP contribution in [0.15, 0.2) is 41.6 Å². The third kappa shape index (κ3) is 3.20. The van der Waals surface area contributed by atoms with Crippen molar-refractivity contribution in [2.75, 3.05) is 19.0 Å². The number of sulfonamides is 1. The van der Waals surface area contributed by atoms with Gasteiger partial charge < -0.3 is 14.8 Å². The van der Waals surface area contributed by atoms with Crippen molar-refractivity contribution in [3.05, 3.63) is 36.7 Å². The highest BCUT2D eigenvalue weighted by Crippen LogP contribution is 2.32. The molecule has 0 bridgehead atoms. The molecular formula is C17H17N5O5S. The molecule has 2 amide bonds. The number of aromatic nitrogens is 3. The number of hydrogen-bond acceptors (Lipinski definition) is 7. The van der Waals surface area contributed by atoms with E-state index in [1.807, 2.05) is 10.8 Å². The van der Waals surface area contributed by atoms with Crippen LogP contribution in [-0.4, -0.2) is 42.9 Å². The first-order valence-corrected chi connectivity index (χ1v) is 9.92. The number of hydrogen-bond donors (Lipinski definition) is 2. The van der Waals surface area contributed by atoms with E-state index in [2.05, 4.69) is 15.4 Å². The Bertz CT molecular complexity index is 1160. The summed E-state index contributed by atoms with van der Waals surface area (Å²) < 4.78 is 39.4. The molecule has 146 valence electrons. The van der Waals surface area contributed by atoms with Gasteiger partial charge in [0.2, 0.25) is 5.88 Å². The van der Waals surface area contributed by atoms with Crippen molar-refractivity contribution in [2.45, 2.75) is 17.9 Å². The van der Waals surface area contributed by atoms with Crippen LogP contribution in [0.5, 0.6) is 11.6 Å². The van der Waals surface area contributed by atoms with E-state index < -0.39 is 16.1 Å². The number of aryl methyl sites for hydroxylation is 1. The van der Waals surface area contributed by atoms with Crippen molar-refractivity contribution in [1.82, 2.24) is 19.5 Å². The average molecular weight is 403 g/mol. The van der Waals surface area contributed by atoms with E-state index in [9.17, 15) is 13.2 Å². The first-order valence-electron chi connectivity index (χ1n) is 8.44. The second kappa shape index (κ2) is 7.00. The van der Waals surface area contributed by atoms with E-state index in [4.69, 9.17) is 9.47 Å². The molecule has 0 atom stereocenters.